The molecule has 0 aliphatic rings. The molecular weight excluding hydrogens is 323 g/mol. The number of ether oxygens (including phenoxy) is 2. The quantitative estimate of drug-likeness (QED) is 0.617. The number of hydrogen-bond donors (Lipinski definition) is 0. The van der Waals surface area contributed by atoms with Crippen molar-refractivity contribution in [2.75, 3.05) is 0 Å². The van der Waals surface area contributed by atoms with E-state index in [2.05, 4.69) is 0 Å². The molecule has 0 spiro atoms. The molecule has 0 amide bonds. The lowest BCUT2D eigenvalue weighted by Crippen LogP contribution is -2.27. The summed E-state index contributed by atoms with van der Waals surface area (Å²) in [6, 6.07) is 3.92. The number of hydrogen-bond acceptors (Lipinski definition) is 4. The van der Waals surface area contributed by atoms with Crippen molar-refractivity contribution in [3.05, 3.63) is 35.1 Å². The monoisotopic (exact) mass is 352 g/mol. The van der Waals surface area contributed by atoms with Gasteiger partial charge in [0.15, 0.2) is 0 Å². The van der Waals surface area contributed by atoms with E-state index >= 15 is 0 Å². The van der Waals surface area contributed by atoms with E-state index in [0.717, 1.165) is 6.07 Å². The third-order valence-corrected chi connectivity index (χ3v) is 4.25. The van der Waals surface area contributed by atoms with E-state index in [1.54, 1.807) is 0 Å². The Hall–Kier alpha value is -1.91. The Balaban J connectivity index is 3.12. The number of carbonyl (C=O) groups excluding carboxylic acids is 2. The number of benzene rings is 1. The molecule has 1 aromatic carbocycles. The Morgan fingerprint density at radius 3 is 1.84 bits per heavy atom. The summed E-state index contributed by atoms with van der Waals surface area (Å²) in [5.74, 6) is -2.09. The van der Waals surface area contributed by atoms with E-state index in [9.17, 15) is 14.0 Å². The van der Waals surface area contributed by atoms with Crippen molar-refractivity contribution < 1.29 is 23.5 Å². The summed E-state index contributed by atoms with van der Waals surface area (Å²) in [6.07, 6.45) is 0.626. The zero-order valence-corrected chi connectivity index (χ0v) is 16.0. The fourth-order valence-corrected chi connectivity index (χ4v) is 2.68. The molecule has 0 bridgehead atoms. The third kappa shape index (κ3) is 5.55. The molecule has 0 saturated heterocycles. The van der Waals surface area contributed by atoms with E-state index in [4.69, 9.17) is 9.47 Å². The van der Waals surface area contributed by atoms with E-state index in [0.29, 0.717) is 12.8 Å². The standard InChI is InChI=1S/C20H29FO4/c1-7-16(12(3)4)24-19(22)14-10-9-11-15(21)18(14)20(23)25-17(8-2)13(5)6/h9-13,16-17H,7-8H2,1-6H3. The molecule has 0 radical (unpaired) electrons. The molecule has 0 aliphatic carbocycles. The second kappa shape index (κ2) is 9.54. The first kappa shape index (κ1) is 21.1. The Morgan fingerprint density at radius 2 is 1.40 bits per heavy atom. The minimum Gasteiger partial charge on any atom is -0.459 e. The molecule has 0 N–H and O–H groups in total. The first-order valence-corrected chi connectivity index (χ1v) is 8.93. The predicted octanol–water partition coefficient (Wildman–Crippen LogP) is 5.01. The van der Waals surface area contributed by atoms with E-state index < -0.39 is 17.8 Å². The lowest BCUT2D eigenvalue weighted by atomic mass is 10.0. The molecule has 0 aliphatic heterocycles. The van der Waals surface area contributed by atoms with Crippen LogP contribution in [0.2, 0.25) is 0 Å². The summed E-state index contributed by atoms with van der Waals surface area (Å²) in [5.41, 5.74) is -0.451. The van der Waals surface area contributed by atoms with Crippen LogP contribution in [-0.2, 0) is 9.47 Å². The largest absolute Gasteiger partial charge is 0.459 e. The number of rotatable bonds is 8. The SMILES string of the molecule is CCC(OC(=O)c1cccc(F)c1C(=O)OC(CC)C(C)C)C(C)C. The molecule has 0 aromatic heterocycles. The number of esters is 2. The fraction of sp³-hybridized carbons (Fsp3) is 0.600. The van der Waals surface area contributed by atoms with Crippen molar-refractivity contribution >= 4 is 11.9 Å². The second-order valence-corrected chi connectivity index (χ2v) is 6.85. The van der Waals surface area contributed by atoms with Crippen LogP contribution in [0.5, 0.6) is 0 Å². The number of halogens is 1. The van der Waals surface area contributed by atoms with Gasteiger partial charge in [0.05, 0.1) is 5.56 Å². The average Bonchev–Trinajstić information content (AvgIpc) is 2.56. The van der Waals surface area contributed by atoms with Gasteiger partial charge in [0.2, 0.25) is 0 Å². The average molecular weight is 352 g/mol. The summed E-state index contributed by atoms with van der Waals surface area (Å²) in [6.45, 7) is 11.5. The second-order valence-electron chi connectivity index (χ2n) is 6.85. The van der Waals surface area contributed by atoms with Crippen LogP contribution in [0.3, 0.4) is 0 Å². The molecule has 0 fully saturated rings. The van der Waals surface area contributed by atoms with Gasteiger partial charge in [-0.3, -0.25) is 0 Å². The molecule has 1 aromatic rings. The summed E-state index contributed by atoms with van der Waals surface area (Å²) in [4.78, 5) is 25.0. The van der Waals surface area contributed by atoms with Crippen LogP contribution in [0, 0.1) is 17.7 Å². The molecule has 0 saturated carbocycles. The topological polar surface area (TPSA) is 52.6 Å². The Bertz CT molecular complexity index is 595. The van der Waals surface area contributed by atoms with E-state index in [1.165, 1.54) is 12.1 Å². The van der Waals surface area contributed by atoms with Gasteiger partial charge in [-0.15, -0.1) is 0 Å². The minimum atomic E-state index is -0.830. The molecule has 0 heterocycles. The van der Waals surface area contributed by atoms with Crippen LogP contribution in [0.15, 0.2) is 18.2 Å². The van der Waals surface area contributed by atoms with Gasteiger partial charge < -0.3 is 9.47 Å². The molecule has 25 heavy (non-hydrogen) atoms. The van der Waals surface area contributed by atoms with Crippen LogP contribution in [-0.4, -0.2) is 24.1 Å². The van der Waals surface area contributed by atoms with E-state index in [1.807, 2.05) is 41.5 Å². The third-order valence-electron chi connectivity index (χ3n) is 4.25. The van der Waals surface area contributed by atoms with Crippen LogP contribution in [0.1, 0.15) is 75.1 Å². The van der Waals surface area contributed by atoms with Crippen molar-refractivity contribution in [3.8, 4) is 0 Å². The van der Waals surface area contributed by atoms with Gasteiger partial charge in [0, 0.05) is 0 Å². The lowest BCUT2D eigenvalue weighted by molar-refractivity contribution is 0.0123. The molecule has 4 nitrogen and oxygen atoms in total. The van der Waals surface area contributed by atoms with Crippen molar-refractivity contribution in [3.63, 3.8) is 0 Å². The van der Waals surface area contributed by atoms with Gasteiger partial charge in [0.25, 0.3) is 0 Å². The van der Waals surface area contributed by atoms with Crippen molar-refractivity contribution in [2.24, 2.45) is 11.8 Å². The minimum absolute atomic E-state index is 0.0947. The summed E-state index contributed by atoms with van der Waals surface area (Å²) in [5, 5.41) is 0. The Labute approximate surface area is 149 Å². The summed E-state index contributed by atoms with van der Waals surface area (Å²) in [7, 11) is 0. The molecular formula is C20H29FO4. The van der Waals surface area contributed by atoms with Gasteiger partial charge in [-0.25, -0.2) is 14.0 Å². The lowest BCUT2D eigenvalue weighted by Gasteiger charge is -2.22. The zero-order valence-electron chi connectivity index (χ0n) is 16.0. The maximum Gasteiger partial charge on any atom is 0.342 e. The highest BCUT2D eigenvalue weighted by atomic mass is 19.1. The predicted molar refractivity (Wildman–Crippen MR) is 95.1 cm³/mol. The van der Waals surface area contributed by atoms with Gasteiger partial charge in [0.1, 0.15) is 23.6 Å². The van der Waals surface area contributed by atoms with Crippen LogP contribution in [0.4, 0.5) is 4.39 Å². The molecule has 140 valence electrons. The highest BCUT2D eigenvalue weighted by Gasteiger charge is 2.28. The highest BCUT2D eigenvalue weighted by molar-refractivity contribution is 6.03. The van der Waals surface area contributed by atoms with Crippen LogP contribution < -0.4 is 0 Å². The Kier molecular flexibility index (Phi) is 8.07. The first-order valence-electron chi connectivity index (χ1n) is 8.93. The molecule has 2 atom stereocenters. The normalized spacial score (nSPS) is 13.6. The van der Waals surface area contributed by atoms with Crippen LogP contribution in [0.25, 0.3) is 0 Å². The van der Waals surface area contributed by atoms with Gasteiger partial charge in [-0.05, 0) is 36.8 Å². The molecule has 2 unspecified atom stereocenters. The van der Waals surface area contributed by atoms with Crippen molar-refractivity contribution in [1.82, 2.24) is 0 Å². The van der Waals surface area contributed by atoms with Gasteiger partial charge in [-0.2, -0.15) is 0 Å². The van der Waals surface area contributed by atoms with Crippen molar-refractivity contribution in [2.45, 2.75) is 66.6 Å². The van der Waals surface area contributed by atoms with Gasteiger partial charge >= 0.3 is 11.9 Å². The molecule has 1 rings (SSSR count). The Morgan fingerprint density at radius 1 is 0.920 bits per heavy atom. The van der Waals surface area contributed by atoms with Gasteiger partial charge in [-0.1, -0.05) is 47.6 Å². The zero-order chi connectivity index (χ0) is 19.1. The molecule has 5 heteroatoms. The van der Waals surface area contributed by atoms with Crippen LogP contribution >= 0.6 is 0 Å². The maximum atomic E-state index is 14.3. The maximum absolute atomic E-state index is 14.3. The van der Waals surface area contributed by atoms with E-state index in [-0.39, 0.29) is 35.2 Å². The number of carbonyl (C=O) groups is 2. The fourth-order valence-electron chi connectivity index (χ4n) is 2.68. The summed E-state index contributed by atoms with van der Waals surface area (Å²) < 4.78 is 25.2. The highest BCUT2D eigenvalue weighted by Crippen LogP contribution is 2.21. The summed E-state index contributed by atoms with van der Waals surface area (Å²) >= 11 is 0. The smallest absolute Gasteiger partial charge is 0.342 e. The van der Waals surface area contributed by atoms with Crippen molar-refractivity contribution in [1.29, 1.82) is 0 Å². The first-order chi connectivity index (χ1) is 11.7.